The third-order valence-electron chi connectivity index (χ3n) is 4.34. The normalized spacial score (nSPS) is 12.5. The predicted molar refractivity (Wildman–Crippen MR) is 87.0 cm³/mol. The molecule has 0 radical (unpaired) electrons. The lowest BCUT2D eigenvalue weighted by Crippen LogP contribution is -2.71. The van der Waals surface area contributed by atoms with Gasteiger partial charge in [0.1, 0.15) is 19.2 Å². The van der Waals surface area contributed by atoms with Crippen LogP contribution in [0.4, 0.5) is 8.78 Å². The summed E-state index contributed by atoms with van der Waals surface area (Å²) in [5.41, 5.74) is 0. The van der Waals surface area contributed by atoms with E-state index < -0.39 is 15.2 Å². The van der Waals surface area contributed by atoms with Crippen LogP contribution in [-0.2, 0) is 0 Å². The molecule has 106 valence electrons. The van der Waals surface area contributed by atoms with Gasteiger partial charge >= 0.3 is 0 Å². The number of halogens is 2. The Hall–Kier alpha value is -1.27. The molecule has 0 aliphatic rings. The van der Waals surface area contributed by atoms with Crippen LogP contribution in [0.5, 0.6) is 0 Å². The first-order valence-electron chi connectivity index (χ1n) is 6.77. The average molecular weight is 307 g/mol. The molecule has 0 nitrogen and oxygen atoms in total. The summed E-state index contributed by atoms with van der Waals surface area (Å²) in [5.74, 6) is -0.417. The molecule has 0 aliphatic heterocycles. The van der Waals surface area contributed by atoms with Gasteiger partial charge in [-0.05, 0) is 24.3 Å². The van der Waals surface area contributed by atoms with Gasteiger partial charge < -0.3 is 0 Å². The third-order valence-corrected chi connectivity index (χ3v) is 21.1. The maximum absolute atomic E-state index is 13.2. The molecule has 0 unspecified atom stereocenters. The second-order valence-electron chi connectivity index (χ2n) is 6.39. The van der Waals surface area contributed by atoms with Gasteiger partial charge in [-0.15, -0.1) is 0 Å². The molecule has 2 aromatic rings. The Balaban J connectivity index is 2.62. The molecule has 0 aromatic heterocycles. The van der Waals surface area contributed by atoms with Crippen molar-refractivity contribution < 1.29 is 8.78 Å². The molecule has 0 heterocycles. The van der Waals surface area contributed by atoms with Gasteiger partial charge in [0, 0.05) is 7.59 Å². The topological polar surface area (TPSA) is 0 Å². The first kappa shape index (κ1) is 15.1. The van der Waals surface area contributed by atoms with E-state index in [2.05, 4.69) is 26.2 Å². The highest BCUT2D eigenvalue weighted by Gasteiger charge is 2.44. The fourth-order valence-electron chi connectivity index (χ4n) is 2.60. The molecule has 0 aliphatic carbocycles. The first-order chi connectivity index (χ1) is 9.25. The lowest BCUT2D eigenvalue weighted by atomic mass is 10.3. The second kappa shape index (κ2) is 5.26. The van der Waals surface area contributed by atoms with Gasteiger partial charge in [-0.2, -0.15) is 0 Å². The molecule has 0 atom stereocenters. The Morgan fingerprint density at radius 2 is 0.900 bits per heavy atom. The van der Waals surface area contributed by atoms with Gasteiger partial charge in [-0.25, -0.2) is 8.78 Å². The number of hydrogen-bond acceptors (Lipinski definition) is 0. The van der Waals surface area contributed by atoms with E-state index in [1.54, 1.807) is 0 Å². The highest BCUT2D eigenvalue weighted by atomic mass is 29.3. The quantitative estimate of drug-likeness (QED) is 0.761. The van der Waals surface area contributed by atoms with Crippen LogP contribution in [0, 0.1) is 11.6 Å². The van der Waals surface area contributed by atoms with E-state index >= 15 is 0 Å². The summed E-state index contributed by atoms with van der Waals surface area (Å²) in [4.78, 5) is 0. The minimum Gasteiger partial charge on any atom is -0.207 e. The number of benzene rings is 2. The maximum atomic E-state index is 13.2. The van der Waals surface area contributed by atoms with Crippen LogP contribution >= 0.6 is 0 Å². The van der Waals surface area contributed by atoms with Gasteiger partial charge in [0.25, 0.3) is 0 Å². The van der Waals surface area contributed by atoms with Crippen molar-refractivity contribution in [2.75, 3.05) is 0 Å². The smallest absolute Gasteiger partial charge is 0.123 e. The Morgan fingerprint density at radius 3 is 1.15 bits per heavy atom. The van der Waals surface area contributed by atoms with Gasteiger partial charge in [-0.1, -0.05) is 60.8 Å². The van der Waals surface area contributed by atoms with Crippen molar-refractivity contribution in [3.05, 3.63) is 60.2 Å². The maximum Gasteiger partial charge on any atom is 0.123 e. The average Bonchev–Trinajstić information content (AvgIpc) is 2.38. The van der Waals surface area contributed by atoms with Crippen molar-refractivity contribution in [3.8, 4) is 0 Å². The van der Waals surface area contributed by atoms with E-state index in [1.807, 2.05) is 24.3 Å². The van der Waals surface area contributed by atoms with Crippen molar-refractivity contribution in [3.63, 3.8) is 0 Å². The zero-order valence-electron chi connectivity index (χ0n) is 12.4. The molecule has 0 spiro atoms. The summed E-state index contributed by atoms with van der Waals surface area (Å²) in [6.45, 7) is 9.34. The van der Waals surface area contributed by atoms with Crippen molar-refractivity contribution in [2.45, 2.75) is 26.2 Å². The van der Waals surface area contributed by atoms with Crippen LogP contribution < -0.4 is 10.4 Å². The molecule has 4 heteroatoms. The van der Waals surface area contributed by atoms with E-state index in [1.165, 1.54) is 34.6 Å². The van der Waals surface area contributed by atoms with Gasteiger partial charge in [-0.3, -0.25) is 0 Å². The van der Waals surface area contributed by atoms with Gasteiger partial charge in [0.15, 0.2) is 0 Å². The SMILES string of the molecule is C[Si](C)(C)[Si](C)(c1ccc(F)cc1)c1ccc(F)cc1. The highest BCUT2D eigenvalue weighted by molar-refractivity contribution is 7.50. The lowest BCUT2D eigenvalue weighted by Gasteiger charge is -2.39. The van der Waals surface area contributed by atoms with Crippen molar-refractivity contribution >= 4 is 25.6 Å². The Morgan fingerprint density at radius 1 is 0.600 bits per heavy atom. The number of rotatable bonds is 3. The first-order valence-corrected chi connectivity index (χ1v) is 13.8. The van der Waals surface area contributed by atoms with Crippen molar-refractivity contribution in [1.29, 1.82) is 0 Å². The third kappa shape index (κ3) is 2.62. The lowest BCUT2D eigenvalue weighted by molar-refractivity contribution is 0.628. The molecule has 2 aromatic carbocycles. The monoisotopic (exact) mass is 306 g/mol. The summed E-state index contributed by atoms with van der Waals surface area (Å²) >= 11 is 0. The summed E-state index contributed by atoms with van der Waals surface area (Å²) in [7, 11) is -3.48. The van der Waals surface area contributed by atoms with Gasteiger partial charge in [0.2, 0.25) is 0 Å². The van der Waals surface area contributed by atoms with Crippen molar-refractivity contribution in [1.82, 2.24) is 0 Å². The molecule has 0 saturated heterocycles. The minimum atomic E-state index is -1.94. The van der Waals surface area contributed by atoms with Crippen LogP contribution in [0.3, 0.4) is 0 Å². The minimum absolute atomic E-state index is 0.209. The second-order valence-corrected chi connectivity index (χ2v) is 21.8. The molecule has 20 heavy (non-hydrogen) atoms. The fraction of sp³-hybridized carbons (Fsp3) is 0.250. The van der Waals surface area contributed by atoms with Crippen LogP contribution in [0.2, 0.25) is 26.2 Å². The van der Waals surface area contributed by atoms with E-state index in [4.69, 9.17) is 0 Å². The van der Waals surface area contributed by atoms with Crippen LogP contribution in [0.1, 0.15) is 0 Å². The molecule has 0 bridgehead atoms. The predicted octanol–water partition coefficient (Wildman–Crippen LogP) is 3.57. The van der Waals surface area contributed by atoms with E-state index in [0.29, 0.717) is 0 Å². The van der Waals surface area contributed by atoms with Crippen LogP contribution in [0.25, 0.3) is 0 Å². The van der Waals surface area contributed by atoms with Crippen LogP contribution in [0.15, 0.2) is 48.5 Å². The molecule has 0 fully saturated rings. The highest BCUT2D eigenvalue weighted by Crippen LogP contribution is 2.20. The summed E-state index contributed by atoms with van der Waals surface area (Å²) in [6, 6.07) is 13.8. The van der Waals surface area contributed by atoms with Gasteiger partial charge in [0.05, 0.1) is 0 Å². The number of hydrogen-bond donors (Lipinski definition) is 0. The molecular weight excluding hydrogens is 286 g/mol. The van der Waals surface area contributed by atoms with E-state index in [9.17, 15) is 8.78 Å². The zero-order valence-corrected chi connectivity index (χ0v) is 14.4. The Labute approximate surface area is 121 Å². The van der Waals surface area contributed by atoms with Crippen LogP contribution in [-0.4, -0.2) is 15.2 Å². The van der Waals surface area contributed by atoms with Crippen molar-refractivity contribution in [2.24, 2.45) is 0 Å². The zero-order chi connectivity index (χ0) is 15.0. The molecule has 0 N–H and O–H groups in total. The molecule has 0 saturated carbocycles. The summed E-state index contributed by atoms with van der Waals surface area (Å²) in [6.07, 6.45) is 0. The fourth-order valence-corrected chi connectivity index (χ4v) is 12.5. The Kier molecular flexibility index (Phi) is 3.98. The van der Waals surface area contributed by atoms with E-state index in [-0.39, 0.29) is 11.6 Å². The summed E-state index contributed by atoms with van der Waals surface area (Å²) in [5, 5.41) is 2.45. The molecular formula is C16H20F2Si2. The molecule has 2 rings (SSSR count). The van der Waals surface area contributed by atoms with E-state index in [0.717, 1.165) is 0 Å². The standard InChI is InChI=1S/C16H20F2Si2/c1-19(2,3)20(4,15-9-5-13(17)6-10-15)16-11-7-14(18)8-12-16/h5-12H,1-4H3. The Bertz CT molecular complexity index is 538. The largest absolute Gasteiger partial charge is 0.207 e. The molecule has 0 amide bonds. The summed E-state index contributed by atoms with van der Waals surface area (Å²) < 4.78 is 26.4.